The number of rotatable bonds is 5. The first-order valence-corrected chi connectivity index (χ1v) is 5.40. The Morgan fingerprint density at radius 1 is 1.44 bits per heavy atom. The number of hydrogen-bond donors (Lipinski definition) is 1. The van der Waals surface area contributed by atoms with Crippen molar-refractivity contribution >= 4 is 11.3 Å². The number of fused-ring (bicyclic) bond motifs is 1. The van der Waals surface area contributed by atoms with Crippen molar-refractivity contribution < 1.29 is 4.74 Å². The van der Waals surface area contributed by atoms with Crippen LogP contribution in [-0.4, -0.2) is 34.6 Å². The summed E-state index contributed by atoms with van der Waals surface area (Å²) in [5.41, 5.74) is 1.01. The number of aryl methyl sites for hydroxylation is 1. The smallest absolute Gasteiger partial charge is 0.152 e. The van der Waals surface area contributed by atoms with Gasteiger partial charge in [0.2, 0.25) is 0 Å². The summed E-state index contributed by atoms with van der Waals surface area (Å²) in [6, 6.07) is 0. The van der Waals surface area contributed by atoms with Crippen LogP contribution in [0.1, 0.15) is 12.7 Å². The molecule has 0 saturated carbocycles. The van der Waals surface area contributed by atoms with Crippen molar-refractivity contribution in [3.05, 3.63) is 24.4 Å². The monoisotopic (exact) mass is 220 g/mol. The molecule has 1 N–H and O–H groups in total. The van der Waals surface area contributed by atoms with Crippen LogP contribution >= 0.6 is 0 Å². The summed E-state index contributed by atoms with van der Waals surface area (Å²) >= 11 is 0. The molecule has 0 unspecified atom stereocenters. The van der Waals surface area contributed by atoms with Gasteiger partial charge in [-0.2, -0.15) is 0 Å². The lowest BCUT2D eigenvalue weighted by Crippen LogP contribution is -2.09. The minimum absolute atomic E-state index is 0.664. The van der Waals surface area contributed by atoms with E-state index in [2.05, 4.69) is 26.6 Å². The second kappa shape index (κ2) is 4.94. The quantitative estimate of drug-likeness (QED) is 0.773. The molecule has 0 radical (unpaired) electrons. The van der Waals surface area contributed by atoms with Crippen LogP contribution < -0.4 is 5.32 Å². The Balaban J connectivity index is 2.28. The first-order valence-electron chi connectivity index (χ1n) is 5.40. The number of imidazole rings is 1. The van der Waals surface area contributed by atoms with Crippen LogP contribution in [0.15, 0.2) is 18.6 Å². The summed E-state index contributed by atoms with van der Waals surface area (Å²) < 4.78 is 7.05. The Labute approximate surface area is 94.5 Å². The van der Waals surface area contributed by atoms with E-state index in [1.807, 2.05) is 12.4 Å². The molecule has 0 aliphatic rings. The average molecular weight is 220 g/mol. The highest BCUT2D eigenvalue weighted by Crippen LogP contribution is 2.14. The molecule has 0 bridgehead atoms. The van der Waals surface area contributed by atoms with Crippen LogP contribution in [0.5, 0.6) is 0 Å². The van der Waals surface area contributed by atoms with Crippen LogP contribution in [0.4, 0.5) is 5.82 Å². The lowest BCUT2D eigenvalue weighted by atomic mass is 10.4. The summed E-state index contributed by atoms with van der Waals surface area (Å²) in [5, 5.41) is 3.23. The summed E-state index contributed by atoms with van der Waals surface area (Å²) in [6.07, 6.45) is 6.47. The van der Waals surface area contributed by atoms with Gasteiger partial charge in [-0.05, 0) is 0 Å². The van der Waals surface area contributed by atoms with Gasteiger partial charge in [0.1, 0.15) is 11.3 Å². The average Bonchev–Trinajstić information content (AvgIpc) is 2.73. The molecule has 0 aliphatic heterocycles. The third kappa shape index (κ3) is 1.99. The van der Waals surface area contributed by atoms with E-state index in [9.17, 15) is 0 Å². The van der Waals surface area contributed by atoms with E-state index in [1.54, 1.807) is 13.3 Å². The standard InChI is InChI=1S/C11H16N4O/c1-3-10-14-8-9-11(13-5-7-16-2)12-4-6-15(9)10/h4,6,8H,3,5,7H2,1-2H3,(H,12,13). The molecule has 2 aromatic rings. The predicted octanol–water partition coefficient (Wildman–Crippen LogP) is 1.35. The number of anilines is 1. The largest absolute Gasteiger partial charge is 0.383 e. The number of aromatic nitrogens is 3. The van der Waals surface area contributed by atoms with Gasteiger partial charge >= 0.3 is 0 Å². The normalized spacial score (nSPS) is 10.9. The third-order valence-electron chi connectivity index (χ3n) is 2.45. The molecular formula is C11H16N4O. The molecule has 0 atom stereocenters. The fraction of sp³-hybridized carbons (Fsp3) is 0.455. The first-order chi connectivity index (χ1) is 7.86. The summed E-state index contributed by atoms with van der Waals surface area (Å²) in [7, 11) is 1.68. The van der Waals surface area contributed by atoms with Crippen molar-refractivity contribution in [3.63, 3.8) is 0 Å². The van der Waals surface area contributed by atoms with Crippen molar-refractivity contribution in [1.29, 1.82) is 0 Å². The molecule has 0 fully saturated rings. The molecule has 0 aromatic carbocycles. The summed E-state index contributed by atoms with van der Waals surface area (Å²) in [6.45, 7) is 3.50. The van der Waals surface area contributed by atoms with E-state index >= 15 is 0 Å². The van der Waals surface area contributed by atoms with Crippen LogP contribution in [0, 0.1) is 0 Å². The first kappa shape index (κ1) is 10.9. The summed E-state index contributed by atoms with van der Waals surface area (Å²) in [4.78, 5) is 8.65. The minimum Gasteiger partial charge on any atom is -0.383 e. The van der Waals surface area contributed by atoms with E-state index in [-0.39, 0.29) is 0 Å². The molecule has 86 valence electrons. The van der Waals surface area contributed by atoms with Gasteiger partial charge in [0.15, 0.2) is 5.82 Å². The molecule has 0 aliphatic carbocycles. The van der Waals surface area contributed by atoms with Gasteiger partial charge in [-0.1, -0.05) is 6.92 Å². The van der Waals surface area contributed by atoms with Gasteiger partial charge in [-0.15, -0.1) is 0 Å². The van der Waals surface area contributed by atoms with Gasteiger partial charge in [0.25, 0.3) is 0 Å². The van der Waals surface area contributed by atoms with Gasteiger partial charge in [0.05, 0.1) is 12.8 Å². The number of methoxy groups -OCH3 is 1. The zero-order chi connectivity index (χ0) is 11.4. The Morgan fingerprint density at radius 2 is 2.31 bits per heavy atom. The maximum Gasteiger partial charge on any atom is 0.152 e. The van der Waals surface area contributed by atoms with Crippen molar-refractivity contribution in [3.8, 4) is 0 Å². The molecule has 2 heterocycles. The van der Waals surface area contributed by atoms with E-state index in [4.69, 9.17) is 4.74 Å². The molecule has 0 spiro atoms. The molecular weight excluding hydrogens is 204 g/mol. The zero-order valence-corrected chi connectivity index (χ0v) is 9.60. The van der Waals surface area contributed by atoms with Crippen molar-refractivity contribution in [2.75, 3.05) is 25.6 Å². The fourth-order valence-electron chi connectivity index (χ4n) is 1.65. The van der Waals surface area contributed by atoms with E-state index in [1.165, 1.54) is 0 Å². The van der Waals surface area contributed by atoms with Crippen LogP contribution in [0.3, 0.4) is 0 Å². The van der Waals surface area contributed by atoms with Crippen LogP contribution in [0.2, 0.25) is 0 Å². The topological polar surface area (TPSA) is 51.5 Å². The van der Waals surface area contributed by atoms with Gasteiger partial charge in [0, 0.05) is 32.5 Å². The lowest BCUT2D eigenvalue weighted by molar-refractivity contribution is 0.210. The number of ether oxygens (including phenoxy) is 1. The van der Waals surface area contributed by atoms with Crippen LogP contribution in [0.25, 0.3) is 5.52 Å². The van der Waals surface area contributed by atoms with E-state index in [0.29, 0.717) is 6.61 Å². The molecule has 2 rings (SSSR count). The SMILES string of the molecule is CCc1ncc2c(NCCOC)nccn12. The van der Waals surface area contributed by atoms with Gasteiger partial charge in [-0.3, -0.25) is 4.40 Å². The Bertz CT molecular complexity index is 466. The molecule has 0 saturated heterocycles. The maximum absolute atomic E-state index is 4.99. The second-order valence-electron chi connectivity index (χ2n) is 3.48. The number of hydrogen-bond acceptors (Lipinski definition) is 4. The highest BCUT2D eigenvalue weighted by atomic mass is 16.5. The number of nitrogens with one attached hydrogen (secondary N) is 1. The van der Waals surface area contributed by atoms with Crippen molar-refractivity contribution in [2.45, 2.75) is 13.3 Å². The Kier molecular flexibility index (Phi) is 3.36. The third-order valence-corrected chi connectivity index (χ3v) is 2.45. The predicted molar refractivity (Wildman–Crippen MR) is 62.7 cm³/mol. The van der Waals surface area contributed by atoms with Crippen molar-refractivity contribution in [1.82, 2.24) is 14.4 Å². The fourth-order valence-corrected chi connectivity index (χ4v) is 1.65. The molecule has 2 aromatic heterocycles. The highest BCUT2D eigenvalue weighted by molar-refractivity contribution is 5.67. The lowest BCUT2D eigenvalue weighted by Gasteiger charge is -2.06. The Hall–Kier alpha value is -1.62. The molecule has 5 nitrogen and oxygen atoms in total. The van der Waals surface area contributed by atoms with Crippen LogP contribution in [-0.2, 0) is 11.2 Å². The summed E-state index contributed by atoms with van der Waals surface area (Å²) in [5.74, 6) is 1.90. The minimum atomic E-state index is 0.664. The highest BCUT2D eigenvalue weighted by Gasteiger charge is 2.05. The molecule has 5 heteroatoms. The van der Waals surface area contributed by atoms with Gasteiger partial charge in [-0.25, -0.2) is 9.97 Å². The van der Waals surface area contributed by atoms with Crippen molar-refractivity contribution in [2.24, 2.45) is 0 Å². The second-order valence-corrected chi connectivity index (χ2v) is 3.48. The van der Waals surface area contributed by atoms with E-state index < -0.39 is 0 Å². The molecule has 16 heavy (non-hydrogen) atoms. The number of nitrogens with zero attached hydrogens (tertiary/aromatic N) is 3. The van der Waals surface area contributed by atoms with E-state index in [0.717, 1.165) is 30.1 Å². The zero-order valence-electron chi connectivity index (χ0n) is 9.60. The Morgan fingerprint density at radius 3 is 3.06 bits per heavy atom. The maximum atomic E-state index is 4.99. The molecule has 0 amide bonds. The van der Waals surface area contributed by atoms with Gasteiger partial charge < -0.3 is 10.1 Å².